The molecular weight excluding hydrogens is 524 g/mol. The second-order valence-corrected chi connectivity index (χ2v) is 9.43. The molecule has 39 heavy (non-hydrogen) atoms. The van der Waals surface area contributed by atoms with Gasteiger partial charge in [-0.2, -0.15) is 0 Å². The second-order valence-electron chi connectivity index (χ2n) is 8.42. The number of carbonyl (C=O) groups excluding carboxylic acids is 3. The van der Waals surface area contributed by atoms with Crippen molar-refractivity contribution >= 4 is 35.3 Å². The van der Waals surface area contributed by atoms with Gasteiger partial charge in [-0.15, -0.1) is 0 Å². The summed E-state index contributed by atoms with van der Waals surface area (Å²) in [5.41, 5.74) is 1.88. The Hall–Kier alpha value is -4.51. The van der Waals surface area contributed by atoms with Gasteiger partial charge in [0.25, 0.3) is 5.56 Å². The Morgan fingerprint density at radius 2 is 1.77 bits per heavy atom. The van der Waals surface area contributed by atoms with Crippen molar-refractivity contribution < 1.29 is 33.3 Å². The molecule has 0 saturated heterocycles. The van der Waals surface area contributed by atoms with Gasteiger partial charge in [-0.1, -0.05) is 29.5 Å². The first-order chi connectivity index (χ1) is 18.7. The number of benzene rings is 2. The van der Waals surface area contributed by atoms with Gasteiger partial charge in [-0.25, -0.2) is 14.6 Å². The van der Waals surface area contributed by atoms with E-state index in [4.69, 9.17) is 18.9 Å². The van der Waals surface area contributed by atoms with Gasteiger partial charge >= 0.3 is 17.9 Å². The molecule has 0 spiro atoms. The first-order valence-electron chi connectivity index (χ1n) is 11.9. The zero-order valence-corrected chi connectivity index (χ0v) is 22.8. The summed E-state index contributed by atoms with van der Waals surface area (Å²) in [5, 5.41) is 0. The Kier molecular flexibility index (Phi) is 8.10. The molecule has 2 heterocycles. The molecule has 10 nitrogen and oxygen atoms in total. The molecule has 0 radical (unpaired) electrons. The Balaban J connectivity index is 1.90. The van der Waals surface area contributed by atoms with Gasteiger partial charge in [-0.05, 0) is 55.3 Å². The Bertz CT molecular complexity index is 1660. The van der Waals surface area contributed by atoms with Crippen LogP contribution < -0.4 is 24.4 Å². The third-order valence-electron chi connectivity index (χ3n) is 5.90. The summed E-state index contributed by atoms with van der Waals surface area (Å²) in [6.07, 6.45) is 1.69. The highest BCUT2D eigenvalue weighted by molar-refractivity contribution is 7.07. The Morgan fingerprint density at radius 3 is 2.38 bits per heavy atom. The average molecular weight is 551 g/mol. The van der Waals surface area contributed by atoms with Gasteiger partial charge in [0.05, 0.1) is 48.2 Å². The molecule has 1 unspecified atom stereocenters. The van der Waals surface area contributed by atoms with Crippen molar-refractivity contribution in [2.75, 3.05) is 20.8 Å². The molecule has 202 valence electrons. The van der Waals surface area contributed by atoms with Crippen molar-refractivity contribution in [3.8, 4) is 11.5 Å². The average Bonchev–Trinajstić information content (AvgIpc) is 3.21. The van der Waals surface area contributed by atoms with Crippen LogP contribution in [0.15, 0.2) is 63.5 Å². The fourth-order valence-electron chi connectivity index (χ4n) is 4.18. The zero-order chi connectivity index (χ0) is 28.3. The summed E-state index contributed by atoms with van der Waals surface area (Å²) in [6.45, 7) is 4.80. The third-order valence-corrected chi connectivity index (χ3v) is 6.89. The molecule has 3 aromatic rings. The van der Waals surface area contributed by atoms with E-state index in [-0.39, 0.29) is 29.2 Å². The summed E-state index contributed by atoms with van der Waals surface area (Å²) in [4.78, 5) is 55.1. The van der Waals surface area contributed by atoms with Crippen LogP contribution in [0.1, 0.15) is 48.3 Å². The number of rotatable bonds is 7. The minimum atomic E-state index is -0.871. The van der Waals surface area contributed by atoms with Gasteiger partial charge in [-0.3, -0.25) is 14.2 Å². The molecule has 0 bridgehead atoms. The smallest absolute Gasteiger partial charge is 0.338 e. The van der Waals surface area contributed by atoms with Crippen molar-refractivity contribution in [3.63, 3.8) is 0 Å². The molecule has 1 aliphatic heterocycles. The number of hydrogen-bond acceptors (Lipinski definition) is 10. The van der Waals surface area contributed by atoms with Gasteiger partial charge in [0.15, 0.2) is 16.3 Å². The van der Waals surface area contributed by atoms with Crippen LogP contribution in [0, 0.1) is 0 Å². The van der Waals surface area contributed by atoms with Crippen molar-refractivity contribution in [2.24, 2.45) is 4.99 Å². The first-order valence-corrected chi connectivity index (χ1v) is 12.7. The largest absolute Gasteiger partial charge is 0.493 e. The number of fused-ring (bicyclic) bond motifs is 1. The molecule has 0 saturated carbocycles. The van der Waals surface area contributed by atoms with Crippen LogP contribution in [0.25, 0.3) is 6.08 Å². The lowest BCUT2D eigenvalue weighted by Gasteiger charge is -2.25. The second kappa shape index (κ2) is 11.5. The van der Waals surface area contributed by atoms with Gasteiger partial charge in [0.1, 0.15) is 0 Å². The van der Waals surface area contributed by atoms with Crippen LogP contribution in [0.5, 0.6) is 11.5 Å². The van der Waals surface area contributed by atoms with Crippen molar-refractivity contribution in [3.05, 3.63) is 90.1 Å². The van der Waals surface area contributed by atoms with Crippen LogP contribution in [0.2, 0.25) is 0 Å². The molecule has 0 fully saturated rings. The third kappa shape index (κ3) is 5.53. The van der Waals surface area contributed by atoms with Crippen LogP contribution in [0.4, 0.5) is 0 Å². The van der Waals surface area contributed by atoms with E-state index in [9.17, 15) is 19.2 Å². The minimum Gasteiger partial charge on any atom is -0.493 e. The van der Waals surface area contributed by atoms with E-state index < -0.39 is 23.9 Å². The fourth-order valence-corrected chi connectivity index (χ4v) is 5.23. The summed E-state index contributed by atoms with van der Waals surface area (Å²) in [7, 11) is 2.73. The molecule has 1 atom stereocenters. The number of methoxy groups -OCH3 is 2. The number of ether oxygens (including phenoxy) is 4. The summed E-state index contributed by atoms with van der Waals surface area (Å²) >= 11 is 1.17. The Labute approximate surface area is 227 Å². The number of hydrogen-bond donors (Lipinski definition) is 0. The lowest BCUT2D eigenvalue weighted by Crippen LogP contribution is -2.40. The number of nitrogens with zero attached hydrogens (tertiary/aromatic N) is 2. The van der Waals surface area contributed by atoms with E-state index >= 15 is 0 Å². The van der Waals surface area contributed by atoms with Gasteiger partial charge in [0, 0.05) is 6.92 Å². The molecule has 2 aromatic carbocycles. The predicted octanol–water partition coefficient (Wildman–Crippen LogP) is 2.52. The predicted molar refractivity (Wildman–Crippen MR) is 142 cm³/mol. The number of esters is 3. The normalized spacial score (nSPS) is 14.8. The molecule has 4 rings (SSSR count). The van der Waals surface area contributed by atoms with Crippen LogP contribution in [-0.4, -0.2) is 43.3 Å². The highest BCUT2D eigenvalue weighted by Crippen LogP contribution is 2.36. The molecule has 0 aliphatic carbocycles. The van der Waals surface area contributed by atoms with Crippen LogP contribution in [-0.2, 0) is 19.1 Å². The van der Waals surface area contributed by atoms with E-state index in [0.29, 0.717) is 31.7 Å². The highest BCUT2D eigenvalue weighted by Gasteiger charge is 2.34. The van der Waals surface area contributed by atoms with E-state index in [1.165, 1.54) is 37.0 Å². The number of aromatic nitrogens is 1. The van der Waals surface area contributed by atoms with Gasteiger partial charge < -0.3 is 18.9 Å². The van der Waals surface area contributed by atoms with Crippen molar-refractivity contribution in [1.82, 2.24) is 4.57 Å². The maximum Gasteiger partial charge on any atom is 0.338 e. The standard InChI is InChI=1S/C28H26N2O8S/c1-6-37-27(34)23-15(2)29-28-30(24(23)19-11-12-20(38-16(3)31)21(14-19)35-4)25(32)22(39-28)13-17-7-9-18(10-8-17)26(33)36-5/h7-14,24H,6H2,1-5H3. The monoisotopic (exact) mass is 550 g/mol. The molecular formula is C28H26N2O8S. The highest BCUT2D eigenvalue weighted by atomic mass is 32.1. The number of thiazole rings is 1. The van der Waals surface area contributed by atoms with Crippen LogP contribution in [0.3, 0.4) is 0 Å². The number of allylic oxidation sites excluding steroid dienone is 1. The maximum atomic E-state index is 13.8. The van der Waals surface area contributed by atoms with Gasteiger partial charge in [0.2, 0.25) is 0 Å². The lowest BCUT2D eigenvalue weighted by molar-refractivity contribution is -0.139. The zero-order valence-electron chi connectivity index (χ0n) is 22.0. The van der Waals surface area contributed by atoms with Crippen molar-refractivity contribution in [2.45, 2.75) is 26.8 Å². The molecule has 0 N–H and O–H groups in total. The molecule has 1 aromatic heterocycles. The molecule has 0 amide bonds. The summed E-state index contributed by atoms with van der Waals surface area (Å²) in [6, 6.07) is 10.6. The summed E-state index contributed by atoms with van der Waals surface area (Å²) in [5.74, 6) is -1.11. The summed E-state index contributed by atoms with van der Waals surface area (Å²) < 4.78 is 22.5. The molecule has 1 aliphatic rings. The van der Waals surface area contributed by atoms with Crippen LogP contribution >= 0.6 is 11.3 Å². The van der Waals surface area contributed by atoms with E-state index in [2.05, 4.69) is 4.99 Å². The number of carbonyl (C=O) groups is 3. The lowest BCUT2D eigenvalue weighted by atomic mass is 9.95. The Morgan fingerprint density at radius 1 is 1.05 bits per heavy atom. The van der Waals surface area contributed by atoms with E-state index in [0.717, 1.165) is 0 Å². The van der Waals surface area contributed by atoms with Crippen molar-refractivity contribution in [1.29, 1.82) is 0 Å². The van der Waals surface area contributed by atoms with E-state index in [1.807, 2.05) is 0 Å². The topological polar surface area (TPSA) is 122 Å². The molecule has 11 heteroatoms. The quantitative estimate of drug-likeness (QED) is 0.325. The van der Waals surface area contributed by atoms with E-state index in [1.54, 1.807) is 62.4 Å². The minimum absolute atomic E-state index is 0.142. The fraction of sp³-hybridized carbons (Fsp3) is 0.250. The first kappa shape index (κ1) is 27.5. The SMILES string of the molecule is CCOC(=O)C1=C(C)N=c2sc(=Cc3ccc(C(=O)OC)cc3)c(=O)n2C1c1ccc(OC(C)=O)c(OC)c1. The maximum absolute atomic E-state index is 13.8.